The van der Waals surface area contributed by atoms with Gasteiger partial charge in [0.2, 0.25) is 0 Å². The minimum Gasteiger partial charge on any atom is -0.477 e. The first kappa shape index (κ1) is 16.9. The molecule has 0 saturated carbocycles. The third-order valence-electron chi connectivity index (χ3n) is 3.98. The van der Waals surface area contributed by atoms with E-state index in [1.54, 1.807) is 6.92 Å². The van der Waals surface area contributed by atoms with Crippen molar-refractivity contribution < 1.29 is 14.6 Å². The fourth-order valence-electron chi connectivity index (χ4n) is 2.81. The fourth-order valence-corrected chi connectivity index (χ4v) is 2.81. The fraction of sp³-hybridized carbons (Fsp3) is 0.278. The van der Waals surface area contributed by atoms with Gasteiger partial charge >= 0.3 is 5.97 Å². The average molecular weight is 340 g/mol. The number of hydrogen-bond donors (Lipinski definition) is 3. The van der Waals surface area contributed by atoms with Gasteiger partial charge in [-0.15, -0.1) is 0 Å². The van der Waals surface area contributed by atoms with E-state index in [9.17, 15) is 9.90 Å². The highest BCUT2D eigenvalue weighted by Gasteiger charge is 2.23. The number of pyridine rings is 1. The Hall–Kier alpha value is -2.93. The molecule has 1 aromatic heterocycles. The summed E-state index contributed by atoms with van der Waals surface area (Å²) < 4.78 is 5.38. The lowest BCUT2D eigenvalue weighted by atomic mass is 10.1. The van der Waals surface area contributed by atoms with Crippen LogP contribution in [0.3, 0.4) is 0 Å². The number of nitrogens with one attached hydrogen (secondary N) is 2. The molecule has 0 amide bonds. The second-order valence-corrected chi connectivity index (χ2v) is 5.77. The molecule has 3 rings (SSSR count). The molecule has 1 aromatic carbocycles. The third kappa shape index (κ3) is 3.77. The summed E-state index contributed by atoms with van der Waals surface area (Å²) in [4.78, 5) is 17.8. The zero-order valence-electron chi connectivity index (χ0n) is 14.0. The number of para-hydroxylation sites is 1. The number of benzene rings is 1. The number of hydrogen-bond acceptors (Lipinski definition) is 6. The Bertz CT molecular complexity index is 786. The van der Waals surface area contributed by atoms with Crippen molar-refractivity contribution in [2.45, 2.75) is 6.92 Å². The summed E-state index contributed by atoms with van der Waals surface area (Å²) in [5, 5.41) is 20.8. The first-order valence-corrected chi connectivity index (χ1v) is 8.05. The van der Waals surface area contributed by atoms with E-state index in [0.29, 0.717) is 49.1 Å². The molecule has 1 aliphatic heterocycles. The van der Waals surface area contributed by atoms with Gasteiger partial charge in [-0.1, -0.05) is 18.2 Å². The molecule has 1 aliphatic rings. The lowest BCUT2D eigenvalue weighted by Crippen LogP contribution is -2.37. The van der Waals surface area contributed by atoms with Crippen LogP contribution in [0.1, 0.15) is 23.0 Å². The Morgan fingerprint density at radius 2 is 1.96 bits per heavy atom. The molecule has 3 N–H and O–H groups in total. The second kappa shape index (κ2) is 7.31. The molecule has 0 unspecified atom stereocenters. The molecule has 0 radical (unpaired) electrons. The Morgan fingerprint density at radius 1 is 1.28 bits per heavy atom. The molecule has 1 saturated heterocycles. The van der Waals surface area contributed by atoms with Gasteiger partial charge in [0, 0.05) is 24.5 Å². The van der Waals surface area contributed by atoms with Gasteiger partial charge < -0.3 is 25.5 Å². The van der Waals surface area contributed by atoms with Crippen molar-refractivity contribution in [3.63, 3.8) is 0 Å². The van der Waals surface area contributed by atoms with Crippen molar-refractivity contribution in [1.82, 2.24) is 4.98 Å². The maximum atomic E-state index is 11.5. The standard InChI is InChI=1S/C18H20N4O3/c1-12(19)16-15(22-7-9-25-10-8-22)11-14(18(23)24)21-17(16)20-13-5-3-2-4-6-13/h2-6,11,19H,7-10H2,1H3,(H,20,21)(H,23,24). The Balaban J connectivity index is 2.12. The van der Waals surface area contributed by atoms with Crippen LogP contribution >= 0.6 is 0 Å². The minimum absolute atomic E-state index is 0.0510. The van der Waals surface area contributed by atoms with Gasteiger partial charge in [0.25, 0.3) is 0 Å². The molecule has 0 spiro atoms. The van der Waals surface area contributed by atoms with E-state index < -0.39 is 5.97 Å². The van der Waals surface area contributed by atoms with E-state index in [-0.39, 0.29) is 5.69 Å². The number of rotatable bonds is 5. The number of carbonyl (C=O) groups is 1. The number of nitrogens with zero attached hydrogens (tertiary/aromatic N) is 2. The Kier molecular flexibility index (Phi) is 4.95. The van der Waals surface area contributed by atoms with E-state index in [2.05, 4.69) is 10.3 Å². The molecule has 0 atom stereocenters. The summed E-state index contributed by atoms with van der Waals surface area (Å²) in [6, 6.07) is 10.9. The van der Waals surface area contributed by atoms with Crippen LogP contribution in [-0.4, -0.2) is 48.1 Å². The van der Waals surface area contributed by atoms with Crippen LogP contribution < -0.4 is 10.2 Å². The third-order valence-corrected chi connectivity index (χ3v) is 3.98. The highest BCUT2D eigenvalue weighted by molar-refractivity contribution is 6.07. The number of carboxylic acid groups (broad SMARTS) is 1. The topological polar surface area (TPSA) is 98.5 Å². The number of aromatic nitrogens is 1. The van der Waals surface area contributed by atoms with Gasteiger partial charge in [0.1, 0.15) is 5.82 Å². The van der Waals surface area contributed by atoms with E-state index in [0.717, 1.165) is 5.69 Å². The number of ether oxygens (including phenoxy) is 1. The number of morpholine rings is 1. The molecular weight excluding hydrogens is 320 g/mol. The van der Waals surface area contributed by atoms with E-state index >= 15 is 0 Å². The predicted molar refractivity (Wildman–Crippen MR) is 96.5 cm³/mol. The van der Waals surface area contributed by atoms with Crippen LogP contribution in [0.5, 0.6) is 0 Å². The van der Waals surface area contributed by atoms with Gasteiger partial charge in [0.15, 0.2) is 5.69 Å². The first-order chi connectivity index (χ1) is 12.1. The maximum Gasteiger partial charge on any atom is 0.354 e. The van der Waals surface area contributed by atoms with Crippen LogP contribution in [-0.2, 0) is 4.74 Å². The SMILES string of the molecule is CC(=N)c1c(N2CCOCC2)cc(C(=O)O)nc1Nc1ccccc1. The summed E-state index contributed by atoms with van der Waals surface area (Å²) in [7, 11) is 0. The molecular formula is C18H20N4O3. The van der Waals surface area contributed by atoms with Crippen molar-refractivity contribution in [3.8, 4) is 0 Å². The van der Waals surface area contributed by atoms with Crippen LogP contribution in [0.4, 0.5) is 17.2 Å². The number of carboxylic acids is 1. The molecule has 2 heterocycles. The average Bonchev–Trinajstić information content (AvgIpc) is 2.62. The molecule has 130 valence electrons. The van der Waals surface area contributed by atoms with Crippen molar-refractivity contribution in [2.75, 3.05) is 36.5 Å². The lowest BCUT2D eigenvalue weighted by Gasteiger charge is -2.31. The highest BCUT2D eigenvalue weighted by Crippen LogP contribution is 2.30. The molecule has 7 nitrogen and oxygen atoms in total. The quantitative estimate of drug-likeness (QED) is 0.724. The van der Waals surface area contributed by atoms with E-state index in [1.807, 2.05) is 35.2 Å². The predicted octanol–water partition coefficient (Wildman–Crippen LogP) is 2.75. The van der Waals surface area contributed by atoms with E-state index in [1.165, 1.54) is 6.07 Å². The molecule has 2 aromatic rings. The van der Waals surface area contributed by atoms with Gasteiger partial charge in [-0.2, -0.15) is 0 Å². The van der Waals surface area contributed by atoms with Gasteiger partial charge in [-0.05, 0) is 25.1 Å². The van der Waals surface area contributed by atoms with Crippen LogP contribution in [0.2, 0.25) is 0 Å². The normalized spacial score (nSPS) is 14.2. The lowest BCUT2D eigenvalue weighted by molar-refractivity contribution is 0.0690. The smallest absolute Gasteiger partial charge is 0.354 e. The summed E-state index contributed by atoms with van der Waals surface area (Å²) in [6.07, 6.45) is 0. The van der Waals surface area contributed by atoms with E-state index in [4.69, 9.17) is 10.1 Å². The van der Waals surface area contributed by atoms with Gasteiger partial charge in [-0.3, -0.25) is 0 Å². The Morgan fingerprint density at radius 3 is 2.56 bits per heavy atom. The first-order valence-electron chi connectivity index (χ1n) is 8.05. The summed E-state index contributed by atoms with van der Waals surface area (Å²) in [5.74, 6) is -0.722. The molecule has 0 bridgehead atoms. The molecule has 0 aliphatic carbocycles. The van der Waals surface area contributed by atoms with Crippen LogP contribution in [0.15, 0.2) is 36.4 Å². The highest BCUT2D eigenvalue weighted by atomic mass is 16.5. The van der Waals surface area contributed by atoms with Crippen molar-refractivity contribution in [1.29, 1.82) is 5.41 Å². The summed E-state index contributed by atoms with van der Waals surface area (Å²) >= 11 is 0. The largest absolute Gasteiger partial charge is 0.477 e. The van der Waals surface area contributed by atoms with Gasteiger partial charge in [-0.25, -0.2) is 9.78 Å². The summed E-state index contributed by atoms with van der Waals surface area (Å²) in [5.41, 5.74) is 2.36. The van der Waals surface area contributed by atoms with Crippen molar-refractivity contribution in [3.05, 3.63) is 47.7 Å². The summed E-state index contributed by atoms with van der Waals surface area (Å²) in [6.45, 7) is 4.12. The second-order valence-electron chi connectivity index (χ2n) is 5.77. The van der Waals surface area contributed by atoms with Crippen LogP contribution in [0.25, 0.3) is 0 Å². The molecule has 7 heteroatoms. The molecule has 1 fully saturated rings. The van der Waals surface area contributed by atoms with Crippen LogP contribution in [0, 0.1) is 5.41 Å². The minimum atomic E-state index is -1.10. The van der Waals surface area contributed by atoms with Crippen molar-refractivity contribution >= 4 is 28.9 Å². The zero-order chi connectivity index (χ0) is 17.8. The molecule has 25 heavy (non-hydrogen) atoms. The Labute approximate surface area is 145 Å². The zero-order valence-corrected chi connectivity index (χ0v) is 14.0. The monoisotopic (exact) mass is 340 g/mol. The number of anilines is 3. The number of aromatic carboxylic acids is 1. The van der Waals surface area contributed by atoms with Gasteiger partial charge in [0.05, 0.1) is 24.5 Å². The van der Waals surface area contributed by atoms with Crippen molar-refractivity contribution in [2.24, 2.45) is 0 Å². The maximum absolute atomic E-state index is 11.5.